The van der Waals surface area contributed by atoms with Gasteiger partial charge in [0.1, 0.15) is 5.69 Å². The van der Waals surface area contributed by atoms with Gasteiger partial charge in [-0.2, -0.15) is 13.2 Å². The predicted molar refractivity (Wildman–Crippen MR) is 93.8 cm³/mol. The molecular formula is C18H19F3N4O2. The first-order valence-electron chi connectivity index (χ1n) is 8.35. The highest BCUT2D eigenvalue weighted by Gasteiger charge is 2.46. The van der Waals surface area contributed by atoms with Gasteiger partial charge in [0.25, 0.3) is 11.5 Å². The standard InChI is InChI=1S/C18H19F3N4O2/c1-25(2)16-22-13(9-14(26)23-16)15(27)24-17(7-8-17)12-5-3-11(4-6-12)10-18(19,20)21/h3-6,9H,7-8,10H2,1-2H3,(H,24,27)(H,22,23,26). The number of anilines is 1. The third-order valence-electron chi connectivity index (χ3n) is 4.40. The van der Waals surface area contributed by atoms with E-state index in [-0.39, 0.29) is 17.2 Å². The molecule has 1 saturated carbocycles. The molecule has 0 saturated heterocycles. The highest BCUT2D eigenvalue weighted by Crippen LogP contribution is 2.45. The Morgan fingerprint density at radius 3 is 2.41 bits per heavy atom. The van der Waals surface area contributed by atoms with E-state index in [1.807, 2.05) is 0 Å². The lowest BCUT2D eigenvalue weighted by molar-refractivity contribution is -0.127. The van der Waals surface area contributed by atoms with Crippen LogP contribution in [0.2, 0.25) is 0 Å². The maximum atomic E-state index is 12.6. The molecule has 3 rings (SSSR count). The van der Waals surface area contributed by atoms with E-state index in [0.29, 0.717) is 12.8 Å². The van der Waals surface area contributed by atoms with Crippen LogP contribution >= 0.6 is 0 Å². The van der Waals surface area contributed by atoms with Gasteiger partial charge < -0.3 is 10.2 Å². The van der Waals surface area contributed by atoms with E-state index in [4.69, 9.17) is 0 Å². The van der Waals surface area contributed by atoms with E-state index in [1.165, 1.54) is 12.1 Å². The summed E-state index contributed by atoms with van der Waals surface area (Å²) in [4.78, 5) is 32.5. The third-order valence-corrected chi connectivity index (χ3v) is 4.40. The van der Waals surface area contributed by atoms with Gasteiger partial charge in [-0.05, 0) is 24.0 Å². The molecule has 0 unspecified atom stereocenters. The summed E-state index contributed by atoms with van der Waals surface area (Å²) in [6, 6.07) is 7.16. The van der Waals surface area contributed by atoms with Crippen LogP contribution < -0.4 is 15.8 Å². The second-order valence-electron chi connectivity index (χ2n) is 6.87. The molecule has 0 aliphatic heterocycles. The Bertz CT molecular complexity index is 900. The molecule has 1 heterocycles. The first-order valence-corrected chi connectivity index (χ1v) is 8.35. The number of nitrogens with zero attached hydrogens (tertiary/aromatic N) is 2. The van der Waals surface area contributed by atoms with Crippen molar-refractivity contribution in [3.63, 3.8) is 0 Å². The zero-order valence-electron chi connectivity index (χ0n) is 14.9. The van der Waals surface area contributed by atoms with Crippen molar-refractivity contribution in [3.05, 3.63) is 57.5 Å². The number of carbonyl (C=O) groups is 1. The summed E-state index contributed by atoms with van der Waals surface area (Å²) in [5, 5.41) is 2.87. The molecule has 1 aromatic heterocycles. The smallest absolute Gasteiger partial charge is 0.348 e. The fourth-order valence-electron chi connectivity index (χ4n) is 2.84. The molecular weight excluding hydrogens is 361 g/mol. The van der Waals surface area contributed by atoms with Gasteiger partial charge in [-0.3, -0.25) is 14.6 Å². The lowest BCUT2D eigenvalue weighted by Crippen LogP contribution is -2.36. The number of hydrogen-bond acceptors (Lipinski definition) is 4. The summed E-state index contributed by atoms with van der Waals surface area (Å²) in [6.45, 7) is 0. The van der Waals surface area contributed by atoms with Gasteiger partial charge in [0, 0.05) is 20.2 Å². The zero-order valence-corrected chi connectivity index (χ0v) is 14.9. The van der Waals surface area contributed by atoms with Gasteiger partial charge >= 0.3 is 6.18 Å². The maximum Gasteiger partial charge on any atom is 0.393 e. The number of rotatable bonds is 5. The highest BCUT2D eigenvalue weighted by molar-refractivity contribution is 5.93. The van der Waals surface area contributed by atoms with E-state index < -0.39 is 29.6 Å². The van der Waals surface area contributed by atoms with Crippen LogP contribution in [0.25, 0.3) is 0 Å². The third kappa shape index (κ3) is 4.47. The molecule has 0 bridgehead atoms. The molecule has 0 spiro atoms. The average Bonchev–Trinajstić information content (AvgIpc) is 3.34. The van der Waals surface area contributed by atoms with Gasteiger partial charge in [0.15, 0.2) is 0 Å². The minimum absolute atomic E-state index is 0.0117. The Morgan fingerprint density at radius 2 is 1.89 bits per heavy atom. The Morgan fingerprint density at radius 1 is 1.26 bits per heavy atom. The SMILES string of the molecule is CN(C)c1nc(C(=O)NC2(c3ccc(CC(F)(F)F)cc3)CC2)cc(=O)[nH]1. The van der Waals surface area contributed by atoms with Gasteiger partial charge in [-0.1, -0.05) is 24.3 Å². The number of halogens is 3. The number of nitrogens with one attached hydrogen (secondary N) is 2. The van der Waals surface area contributed by atoms with Crippen LogP contribution in [0.15, 0.2) is 35.1 Å². The van der Waals surface area contributed by atoms with Crippen LogP contribution in [-0.4, -0.2) is 36.1 Å². The van der Waals surface area contributed by atoms with Gasteiger partial charge in [0.2, 0.25) is 5.95 Å². The Balaban J connectivity index is 1.77. The summed E-state index contributed by atoms with van der Waals surface area (Å²) < 4.78 is 37.4. The molecule has 1 aliphatic rings. The van der Waals surface area contributed by atoms with Crippen LogP contribution in [0.4, 0.5) is 19.1 Å². The maximum absolute atomic E-state index is 12.6. The van der Waals surface area contributed by atoms with E-state index in [1.54, 1.807) is 31.1 Å². The quantitative estimate of drug-likeness (QED) is 0.835. The fraction of sp³-hybridized carbons (Fsp3) is 0.389. The number of aromatic nitrogens is 2. The van der Waals surface area contributed by atoms with Crippen molar-refractivity contribution in [1.29, 1.82) is 0 Å². The zero-order chi connectivity index (χ0) is 19.8. The molecule has 9 heteroatoms. The van der Waals surface area contributed by atoms with Crippen LogP contribution in [-0.2, 0) is 12.0 Å². The van der Waals surface area contributed by atoms with Gasteiger partial charge in [-0.15, -0.1) is 0 Å². The number of amides is 1. The van der Waals surface area contributed by atoms with Crippen LogP contribution in [0.3, 0.4) is 0 Å². The van der Waals surface area contributed by atoms with E-state index in [9.17, 15) is 22.8 Å². The molecule has 144 valence electrons. The van der Waals surface area contributed by atoms with Crippen molar-refractivity contribution in [1.82, 2.24) is 15.3 Å². The summed E-state index contributed by atoms with van der Waals surface area (Å²) in [6.07, 6.45) is -3.91. The summed E-state index contributed by atoms with van der Waals surface area (Å²) in [7, 11) is 3.37. The average molecular weight is 380 g/mol. The fourth-order valence-corrected chi connectivity index (χ4v) is 2.84. The normalized spacial score (nSPS) is 15.3. The second-order valence-corrected chi connectivity index (χ2v) is 6.87. The molecule has 1 fully saturated rings. The number of alkyl halides is 3. The van der Waals surface area contributed by atoms with Crippen molar-refractivity contribution < 1.29 is 18.0 Å². The molecule has 2 N–H and O–H groups in total. The number of carbonyl (C=O) groups excluding carboxylic acids is 1. The largest absolute Gasteiger partial charge is 0.393 e. The minimum atomic E-state index is -4.26. The van der Waals surface area contributed by atoms with Gasteiger partial charge in [0.05, 0.1) is 12.0 Å². The van der Waals surface area contributed by atoms with Gasteiger partial charge in [-0.25, -0.2) is 4.98 Å². The summed E-state index contributed by atoms with van der Waals surface area (Å²) in [5.74, 6) is -0.241. The predicted octanol–water partition coefficient (Wildman–Crippen LogP) is 2.36. The lowest BCUT2D eigenvalue weighted by Gasteiger charge is -2.19. The number of benzene rings is 1. The molecule has 1 aliphatic carbocycles. The molecule has 0 atom stereocenters. The van der Waals surface area contributed by atoms with Crippen LogP contribution in [0, 0.1) is 0 Å². The summed E-state index contributed by atoms with van der Waals surface area (Å²) >= 11 is 0. The van der Waals surface area contributed by atoms with Crippen LogP contribution in [0.5, 0.6) is 0 Å². The van der Waals surface area contributed by atoms with Crippen LogP contribution in [0.1, 0.15) is 34.5 Å². The van der Waals surface area contributed by atoms with Crippen molar-refractivity contribution in [2.45, 2.75) is 31.0 Å². The monoisotopic (exact) mass is 380 g/mol. The number of H-pyrrole nitrogens is 1. The summed E-state index contributed by atoms with van der Waals surface area (Å²) in [5.41, 5.74) is -0.182. The molecule has 1 amide bonds. The van der Waals surface area contributed by atoms with Crippen molar-refractivity contribution >= 4 is 11.9 Å². The molecule has 1 aromatic carbocycles. The van der Waals surface area contributed by atoms with Crippen molar-refractivity contribution in [2.24, 2.45) is 0 Å². The molecule has 0 radical (unpaired) electrons. The number of aromatic amines is 1. The Hall–Kier alpha value is -2.84. The number of hydrogen-bond donors (Lipinski definition) is 2. The Kier molecular flexibility index (Phi) is 4.71. The van der Waals surface area contributed by atoms with E-state index in [0.717, 1.165) is 11.6 Å². The molecule has 6 nitrogen and oxygen atoms in total. The first-order chi connectivity index (χ1) is 12.6. The van der Waals surface area contributed by atoms with E-state index >= 15 is 0 Å². The lowest BCUT2D eigenvalue weighted by atomic mass is 10.0. The van der Waals surface area contributed by atoms with E-state index in [2.05, 4.69) is 15.3 Å². The minimum Gasteiger partial charge on any atom is -0.348 e. The van der Waals surface area contributed by atoms with Crippen molar-refractivity contribution in [3.8, 4) is 0 Å². The highest BCUT2D eigenvalue weighted by atomic mass is 19.4. The molecule has 2 aromatic rings. The topological polar surface area (TPSA) is 78.1 Å². The van der Waals surface area contributed by atoms with Crippen molar-refractivity contribution in [2.75, 3.05) is 19.0 Å². The first kappa shape index (κ1) is 18.9. The Labute approximate surface area is 153 Å². The molecule has 27 heavy (non-hydrogen) atoms. The second kappa shape index (κ2) is 6.71.